The monoisotopic (exact) mass is 345 g/mol. The molecule has 1 aromatic rings. The van der Waals surface area contributed by atoms with Crippen molar-refractivity contribution in [1.82, 2.24) is 10.2 Å². The highest BCUT2D eigenvalue weighted by molar-refractivity contribution is 7.92. The molecule has 0 saturated carbocycles. The van der Waals surface area contributed by atoms with Gasteiger partial charge in [0.15, 0.2) is 5.37 Å². The van der Waals surface area contributed by atoms with Gasteiger partial charge in [-0.2, -0.15) is 0 Å². The second kappa shape index (κ2) is 6.50. The van der Waals surface area contributed by atoms with Gasteiger partial charge in [-0.1, -0.05) is 0 Å². The van der Waals surface area contributed by atoms with Gasteiger partial charge in [-0.15, -0.1) is 0 Å². The van der Waals surface area contributed by atoms with Gasteiger partial charge < -0.3 is 16.2 Å². The standard InChI is InChI=1S/C13H16FN3O5S/c14-9-3-2-8(12(15)18)6-10(9)23(21,22)11-7-16-4-1-5-17(11)13(19)20/h2-3,6,11,16H,1,4-5,7H2,(H2,15,18)(H,19,20). The molecule has 0 bridgehead atoms. The summed E-state index contributed by atoms with van der Waals surface area (Å²) in [5.41, 5.74) is 4.91. The lowest BCUT2D eigenvalue weighted by Crippen LogP contribution is -2.48. The van der Waals surface area contributed by atoms with Gasteiger partial charge in [0, 0.05) is 18.7 Å². The predicted octanol–water partition coefficient (Wildman–Crippen LogP) is -0.00230. The molecule has 1 aliphatic rings. The number of amides is 2. The van der Waals surface area contributed by atoms with Crippen LogP contribution in [0.1, 0.15) is 16.8 Å². The van der Waals surface area contributed by atoms with Crippen molar-refractivity contribution in [3.63, 3.8) is 0 Å². The van der Waals surface area contributed by atoms with Crippen molar-refractivity contribution in [2.24, 2.45) is 5.73 Å². The van der Waals surface area contributed by atoms with Gasteiger partial charge >= 0.3 is 6.09 Å². The van der Waals surface area contributed by atoms with Crippen LogP contribution in [0.15, 0.2) is 23.1 Å². The van der Waals surface area contributed by atoms with Crippen LogP contribution < -0.4 is 11.1 Å². The van der Waals surface area contributed by atoms with Crippen LogP contribution in [-0.4, -0.2) is 55.4 Å². The number of benzene rings is 1. The summed E-state index contributed by atoms with van der Waals surface area (Å²) in [4.78, 5) is 22.5. The van der Waals surface area contributed by atoms with Gasteiger partial charge in [0.2, 0.25) is 15.7 Å². The van der Waals surface area contributed by atoms with E-state index in [0.29, 0.717) is 13.0 Å². The molecule has 1 fully saturated rings. The van der Waals surface area contributed by atoms with Gasteiger partial charge in [-0.25, -0.2) is 17.6 Å². The number of sulfone groups is 1. The van der Waals surface area contributed by atoms with E-state index in [2.05, 4.69) is 5.32 Å². The molecule has 1 aliphatic heterocycles. The molecule has 0 spiro atoms. The lowest BCUT2D eigenvalue weighted by molar-refractivity contribution is 0.0999. The SMILES string of the molecule is NC(=O)c1ccc(F)c(S(=O)(=O)C2CNCCCN2C(=O)O)c1. The number of nitrogens with one attached hydrogen (secondary N) is 1. The molecule has 1 unspecified atom stereocenters. The average Bonchev–Trinajstić information content (AvgIpc) is 2.73. The van der Waals surface area contributed by atoms with Crippen LogP contribution in [0.4, 0.5) is 9.18 Å². The minimum absolute atomic E-state index is 0.00333. The highest BCUT2D eigenvalue weighted by Gasteiger charge is 2.38. The molecule has 2 amide bonds. The van der Waals surface area contributed by atoms with Gasteiger partial charge in [0.05, 0.1) is 0 Å². The molecule has 0 radical (unpaired) electrons. The third-order valence-electron chi connectivity index (χ3n) is 3.55. The van der Waals surface area contributed by atoms with E-state index in [9.17, 15) is 27.5 Å². The fraction of sp³-hybridized carbons (Fsp3) is 0.385. The molecule has 1 saturated heterocycles. The van der Waals surface area contributed by atoms with E-state index in [1.807, 2.05) is 0 Å². The maximum absolute atomic E-state index is 14.0. The summed E-state index contributed by atoms with van der Waals surface area (Å²) in [6.45, 7) is 0.276. The zero-order valence-electron chi connectivity index (χ0n) is 12.0. The van der Waals surface area contributed by atoms with E-state index in [1.165, 1.54) is 0 Å². The highest BCUT2D eigenvalue weighted by Crippen LogP contribution is 2.24. The van der Waals surface area contributed by atoms with Crippen LogP contribution in [0.25, 0.3) is 0 Å². The quantitative estimate of drug-likeness (QED) is 0.707. The molecule has 1 aromatic carbocycles. The molecular formula is C13H16FN3O5S. The second-order valence-corrected chi connectivity index (χ2v) is 7.12. The normalized spacial score (nSPS) is 19.2. The summed E-state index contributed by atoms with van der Waals surface area (Å²) in [6, 6.07) is 2.72. The topological polar surface area (TPSA) is 130 Å². The molecule has 10 heteroatoms. The van der Waals surface area contributed by atoms with E-state index >= 15 is 0 Å². The van der Waals surface area contributed by atoms with E-state index < -0.39 is 37.9 Å². The van der Waals surface area contributed by atoms with E-state index in [0.717, 1.165) is 23.1 Å². The Morgan fingerprint density at radius 2 is 2.09 bits per heavy atom. The lowest BCUT2D eigenvalue weighted by Gasteiger charge is -2.27. The van der Waals surface area contributed by atoms with Crippen LogP contribution in [-0.2, 0) is 9.84 Å². The maximum atomic E-state index is 14.0. The van der Waals surface area contributed by atoms with Crippen molar-refractivity contribution in [3.8, 4) is 0 Å². The summed E-state index contributed by atoms with van der Waals surface area (Å²) in [6.07, 6.45) is -0.976. The van der Waals surface area contributed by atoms with Gasteiger partial charge in [0.25, 0.3) is 0 Å². The Kier molecular flexibility index (Phi) is 4.85. The van der Waals surface area contributed by atoms with Crippen molar-refractivity contribution in [3.05, 3.63) is 29.6 Å². The molecule has 0 aromatic heterocycles. The summed E-state index contributed by atoms with van der Waals surface area (Å²) < 4.78 is 39.4. The molecule has 2 rings (SSSR count). The summed E-state index contributed by atoms with van der Waals surface area (Å²) in [5.74, 6) is -1.97. The van der Waals surface area contributed by atoms with E-state index in [4.69, 9.17) is 5.73 Å². The maximum Gasteiger partial charge on any atom is 0.408 e. The minimum Gasteiger partial charge on any atom is -0.465 e. The molecule has 8 nitrogen and oxygen atoms in total. The smallest absolute Gasteiger partial charge is 0.408 e. The molecule has 4 N–H and O–H groups in total. The largest absolute Gasteiger partial charge is 0.465 e. The average molecular weight is 345 g/mol. The Morgan fingerprint density at radius 1 is 1.39 bits per heavy atom. The van der Waals surface area contributed by atoms with Crippen molar-refractivity contribution in [2.45, 2.75) is 16.7 Å². The van der Waals surface area contributed by atoms with Crippen LogP contribution in [0.5, 0.6) is 0 Å². The lowest BCUT2D eigenvalue weighted by atomic mass is 10.2. The minimum atomic E-state index is -4.37. The fourth-order valence-electron chi connectivity index (χ4n) is 2.37. The van der Waals surface area contributed by atoms with Gasteiger partial charge in [0.1, 0.15) is 10.7 Å². The van der Waals surface area contributed by atoms with E-state index in [1.54, 1.807) is 0 Å². The van der Waals surface area contributed by atoms with Crippen molar-refractivity contribution in [1.29, 1.82) is 0 Å². The molecule has 1 atom stereocenters. The number of halogens is 1. The number of carboxylic acid groups (broad SMARTS) is 1. The Balaban J connectivity index is 2.53. The summed E-state index contributed by atoms with van der Waals surface area (Å²) in [5, 5.41) is 10.6. The third-order valence-corrected chi connectivity index (χ3v) is 5.61. The van der Waals surface area contributed by atoms with E-state index in [-0.39, 0.29) is 18.7 Å². The van der Waals surface area contributed by atoms with Crippen LogP contribution in [0, 0.1) is 5.82 Å². The highest BCUT2D eigenvalue weighted by atomic mass is 32.2. The number of nitrogens with zero attached hydrogens (tertiary/aromatic N) is 1. The van der Waals surface area contributed by atoms with Crippen LogP contribution in [0.3, 0.4) is 0 Å². The summed E-state index contributed by atoms with van der Waals surface area (Å²) >= 11 is 0. The predicted molar refractivity (Wildman–Crippen MR) is 78.1 cm³/mol. The van der Waals surface area contributed by atoms with Crippen LogP contribution >= 0.6 is 0 Å². The van der Waals surface area contributed by atoms with Gasteiger partial charge in [-0.3, -0.25) is 9.69 Å². The Labute approximate surface area is 132 Å². The molecular weight excluding hydrogens is 329 g/mol. The Hall–Kier alpha value is -2.20. The number of carbonyl (C=O) groups excluding carboxylic acids is 1. The summed E-state index contributed by atoms with van der Waals surface area (Å²) in [7, 11) is -4.37. The first-order valence-electron chi connectivity index (χ1n) is 6.78. The van der Waals surface area contributed by atoms with Gasteiger partial charge in [-0.05, 0) is 31.2 Å². The molecule has 23 heavy (non-hydrogen) atoms. The number of nitrogens with two attached hydrogens (primary N) is 1. The zero-order valence-corrected chi connectivity index (χ0v) is 12.8. The van der Waals surface area contributed by atoms with Crippen LogP contribution in [0.2, 0.25) is 0 Å². The number of hydrogen-bond acceptors (Lipinski definition) is 5. The second-order valence-electron chi connectivity index (χ2n) is 5.04. The molecule has 1 heterocycles. The number of hydrogen-bond donors (Lipinski definition) is 3. The molecule has 126 valence electrons. The van der Waals surface area contributed by atoms with Crippen molar-refractivity contribution < 1.29 is 27.5 Å². The molecule has 0 aliphatic carbocycles. The van der Waals surface area contributed by atoms with Crippen molar-refractivity contribution in [2.75, 3.05) is 19.6 Å². The first-order valence-corrected chi connectivity index (χ1v) is 8.33. The Morgan fingerprint density at radius 3 is 2.70 bits per heavy atom. The fourth-order valence-corrected chi connectivity index (χ4v) is 4.16. The van der Waals surface area contributed by atoms with Crippen molar-refractivity contribution >= 4 is 21.8 Å². The first kappa shape index (κ1) is 17.2. The number of rotatable bonds is 3. The third kappa shape index (κ3) is 3.42. The first-order chi connectivity index (χ1) is 10.7. The number of primary amides is 1. The number of carbonyl (C=O) groups is 2. The Bertz CT molecular complexity index is 737. The zero-order chi connectivity index (χ0) is 17.2.